The van der Waals surface area contributed by atoms with Gasteiger partial charge in [0.05, 0.1) is 31.8 Å². The molecular formula is C18H12BrCl3N2O2S. The van der Waals surface area contributed by atoms with Gasteiger partial charge in [-0.1, -0.05) is 40.9 Å². The number of anilines is 1. The van der Waals surface area contributed by atoms with Crippen molar-refractivity contribution < 1.29 is 8.95 Å². The van der Waals surface area contributed by atoms with Gasteiger partial charge in [-0.25, -0.2) is 4.21 Å². The Bertz CT molecular complexity index is 1030. The van der Waals surface area contributed by atoms with E-state index in [1.807, 2.05) is 13.0 Å². The van der Waals surface area contributed by atoms with Crippen molar-refractivity contribution in [3.8, 4) is 11.5 Å². The minimum absolute atomic E-state index is 0.327. The van der Waals surface area contributed by atoms with Crippen molar-refractivity contribution in [2.75, 3.05) is 4.72 Å². The van der Waals surface area contributed by atoms with E-state index in [0.717, 1.165) is 5.56 Å². The molecule has 1 aromatic heterocycles. The molecular weight excluding hydrogens is 495 g/mol. The molecule has 1 N–H and O–H groups in total. The van der Waals surface area contributed by atoms with E-state index in [1.54, 1.807) is 30.3 Å². The van der Waals surface area contributed by atoms with Crippen LogP contribution < -0.4 is 9.46 Å². The second-order valence-electron chi connectivity index (χ2n) is 5.51. The Balaban J connectivity index is 1.83. The van der Waals surface area contributed by atoms with Gasteiger partial charge in [0.1, 0.15) is 11.5 Å². The van der Waals surface area contributed by atoms with Crippen LogP contribution in [0.4, 0.5) is 5.69 Å². The number of nitrogens with zero attached hydrogens (tertiary/aromatic N) is 1. The van der Waals surface area contributed by atoms with Crippen LogP contribution >= 0.6 is 50.7 Å². The van der Waals surface area contributed by atoms with Crippen LogP contribution in [-0.2, 0) is 11.0 Å². The maximum absolute atomic E-state index is 12.6. The standard InChI is InChI=1S/C18H12BrCl3N2O2S/c1-10-2-3-18(15(22)4-10)27(25)24-16-7-14(21)17(6-13(16)19)26-12-5-11(20)8-23-9-12/h2-9,24H,1H3. The number of halogens is 4. The van der Waals surface area contributed by atoms with Gasteiger partial charge in [0.15, 0.2) is 11.0 Å². The van der Waals surface area contributed by atoms with Crippen molar-refractivity contribution in [2.45, 2.75) is 11.8 Å². The Hall–Kier alpha value is -1.31. The number of aromatic nitrogens is 1. The second-order valence-corrected chi connectivity index (χ2v) is 8.79. The van der Waals surface area contributed by atoms with Crippen molar-refractivity contribution >= 4 is 67.4 Å². The van der Waals surface area contributed by atoms with Crippen molar-refractivity contribution in [3.05, 3.63) is 73.9 Å². The summed E-state index contributed by atoms with van der Waals surface area (Å²) in [4.78, 5) is 4.44. The number of hydrogen-bond acceptors (Lipinski definition) is 3. The van der Waals surface area contributed by atoms with E-state index < -0.39 is 11.0 Å². The Kier molecular flexibility index (Phi) is 6.65. The quantitative estimate of drug-likeness (QED) is 0.404. The average Bonchev–Trinajstić information content (AvgIpc) is 2.59. The van der Waals surface area contributed by atoms with E-state index in [2.05, 4.69) is 25.6 Å². The summed E-state index contributed by atoms with van der Waals surface area (Å²) in [5, 5.41) is 1.20. The number of rotatable bonds is 5. The molecule has 0 aliphatic carbocycles. The lowest BCUT2D eigenvalue weighted by Crippen LogP contribution is -2.06. The van der Waals surface area contributed by atoms with Gasteiger partial charge in [-0.15, -0.1) is 0 Å². The highest BCUT2D eigenvalue weighted by molar-refractivity contribution is 9.10. The molecule has 27 heavy (non-hydrogen) atoms. The van der Waals surface area contributed by atoms with E-state index in [1.165, 1.54) is 12.4 Å². The fourth-order valence-corrected chi connectivity index (χ4v) is 4.44. The Morgan fingerprint density at radius 3 is 2.56 bits per heavy atom. The van der Waals surface area contributed by atoms with Crippen molar-refractivity contribution in [1.82, 2.24) is 4.98 Å². The number of nitrogens with one attached hydrogen (secondary N) is 1. The summed E-state index contributed by atoms with van der Waals surface area (Å²) in [7, 11) is -1.56. The zero-order valence-corrected chi connectivity index (χ0v) is 18.5. The van der Waals surface area contributed by atoms with Gasteiger partial charge >= 0.3 is 0 Å². The van der Waals surface area contributed by atoms with Crippen molar-refractivity contribution in [1.29, 1.82) is 0 Å². The van der Waals surface area contributed by atoms with Crippen LogP contribution in [0.25, 0.3) is 0 Å². The summed E-state index contributed by atoms with van der Waals surface area (Å²) in [5.41, 5.74) is 1.52. The fourth-order valence-electron chi connectivity index (χ4n) is 2.17. The van der Waals surface area contributed by atoms with Gasteiger partial charge in [0, 0.05) is 16.7 Å². The normalized spacial score (nSPS) is 11.9. The van der Waals surface area contributed by atoms with Crippen LogP contribution in [0.3, 0.4) is 0 Å². The van der Waals surface area contributed by atoms with Crippen LogP contribution in [0.2, 0.25) is 15.1 Å². The molecule has 0 spiro atoms. The molecule has 2 aromatic carbocycles. The summed E-state index contributed by atoms with van der Waals surface area (Å²) in [6, 6.07) is 10.2. The molecule has 0 bridgehead atoms. The van der Waals surface area contributed by atoms with E-state index in [0.29, 0.717) is 41.6 Å². The third-order valence-electron chi connectivity index (χ3n) is 3.42. The smallest absolute Gasteiger partial charge is 0.151 e. The van der Waals surface area contributed by atoms with Crippen LogP contribution in [0.15, 0.2) is 58.2 Å². The predicted molar refractivity (Wildman–Crippen MR) is 115 cm³/mol. The molecule has 9 heteroatoms. The molecule has 0 radical (unpaired) electrons. The number of hydrogen-bond donors (Lipinski definition) is 1. The molecule has 0 amide bonds. The minimum atomic E-state index is -1.56. The Morgan fingerprint density at radius 2 is 1.85 bits per heavy atom. The number of pyridine rings is 1. The Morgan fingerprint density at radius 1 is 1.07 bits per heavy atom. The highest BCUT2D eigenvalue weighted by Crippen LogP contribution is 2.38. The summed E-state index contributed by atoms with van der Waals surface area (Å²) < 4.78 is 21.8. The third kappa shape index (κ3) is 5.15. The van der Waals surface area contributed by atoms with Crippen LogP contribution in [0, 0.1) is 6.92 Å². The lowest BCUT2D eigenvalue weighted by atomic mass is 10.2. The summed E-state index contributed by atoms with van der Waals surface area (Å²) >= 11 is 21.8. The molecule has 3 rings (SSSR count). The first-order valence-corrected chi connectivity index (χ1v) is 10.6. The Labute approximate surface area is 182 Å². The van der Waals surface area contributed by atoms with Crippen molar-refractivity contribution in [2.24, 2.45) is 0 Å². The van der Waals surface area contributed by atoms with Gasteiger partial charge < -0.3 is 4.74 Å². The summed E-state index contributed by atoms with van der Waals surface area (Å²) in [6.45, 7) is 1.91. The molecule has 0 aliphatic rings. The first-order valence-electron chi connectivity index (χ1n) is 7.55. The van der Waals surface area contributed by atoms with Gasteiger partial charge in [0.2, 0.25) is 0 Å². The largest absolute Gasteiger partial charge is 0.454 e. The highest BCUT2D eigenvalue weighted by atomic mass is 79.9. The number of ether oxygens (including phenoxy) is 1. The number of benzene rings is 2. The highest BCUT2D eigenvalue weighted by Gasteiger charge is 2.14. The predicted octanol–water partition coefficient (Wildman–Crippen LogP) is 7.04. The summed E-state index contributed by atoms with van der Waals surface area (Å²) in [6.07, 6.45) is 3.03. The lowest BCUT2D eigenvalue weighted by Gasteiger charge is -2.13. The molecule has 0 saturated carbocycles. The molecule has 0 fully saturated rings. The fraction of sp³-hybridized carbons (Fsp3) is 0.0556. The van der Waals surface area contributed by atoms with Gasteiger partial charge in [-0.3, -0.25) is 9.71 Å². The van der Waals surface area contributed by atoms with E-state index in [4.69, 9.17) is 39.5 Å². The number of aryl methyl sites for hydroxylation is 1. The van der Waals surface area contributed by atoms with Gasteiger partial charge in [-0.2, -0.15) is 0 Å². The first-order chi connectivity index (χ1) is 12.8. The van der Waals surface area contributed by atoms with E-state index in [-0.39, 0.29) is 0 Å². The zero-order valence-electron chi connectivity index (χ0n) is 13.8. The maximum atomic E-state index is 12.6. The molecule has 0 aliphatic heterocycles. The average molecular weight is 507 g/mol. The molecule has 3 aromatic rings. The molecule has 1 unspecified atom stereocenters. The molecule has 1 heterocycles. The second kappa shape index (κ2) is 8.80. The molecule has 1 atom stereocenters. The molecule has 0 saturated heterocycles. The first kappa shape index (κ1) is 20.4. The minimum Gasteiger partial charge on any atom is -0.454 e. The third-order valence-corrected chi connectivity index (χ3v) is 6.16. The van der Waals surface area contributed by atoms with Gasteiger partial charge in [0.25, 0.3) is 0 Å². The zero-order chi connectivity index (χ0) is 19.6. The SMILES string of the molecule is Cc1ccc(S(=O)Nc2cc(Cl)c(Oc3cncc(Cl)c3)cc2Br)c(Cl)c1. The van der Waals surface area contributed by atoms with Crippen LogP contribution in [-0.4, -0.2) is 9.19 Å². The van der Waals surface area contributed by atoms with E-state index >= 15 is 0 Å². The van der Waals surface area contributed by atoms with Crippen LogP contribution in [0.1, 0.15) is 5.56 Å². The lowest BCUT2D eigenvalue weighted by molar-refractivity contribution is 0.480. The topological polar surface area (TPSA) is 51.2 Å². The van der Waals surface area contributed by atoms with Crippen molar-refractivity contribution in [3.63, 3.8) is 0 Å². The molecule has 140 valence electrons. The maximum Gasteiger partial charge on any atom is 0.151 e. The van der Waals surface area contributed by atoms with Crippen LogP contribution in [0.5, 0.6) is 11.5 Å². The summed E-state index contributed by atoms with van der Waals surface area (Å²) in [5.74, 6) is 0.851. The monoisotopic (exact) mass is 504 g/mol. The van der Waals surface area contributed by atoms with E-state index in [9.17, 15) is 4.21 Å². The van der Waals surface area contributed by atoms with Gasteiger partial charge in [-0.05, 0) is 52.7 Å². The molecule has 4 nitrogen and oxygen atoms in total.